The molecule has 7 heteroatoms. The molecule has 1 heterocycles. The van der Waals surface area contributed by atoms with Crippen molar-refractivity contribution in [2.24, 2.45) is 5.16 Å². The second kappa shape index (κ2) is 7.77. The number of hydrogen-bond acceptors (Lipinski definition) is 5. The average molecular weight is 250 g/mol. The van der Waals surface area contributed by atoms with E-state index < -0.39 is 5.91 Å². The standard InChI is InChI=1S/C11H14N4O3/c16-10(8-15-18)13-4-1-5-14-11(17)9-2-6-12-7-3-9/h2-3,6-8,18H,1,4-5H2,(H,13,16)(H,14,17)/b15-8-. The summed E-state index contributed by atoms with van der Waals surface area (Å²) >= 11 is 0. The molecule has 7 nitrogen and oxygen atoms in total. The van der Waals surface area contributed by atoms with Gasteiger partial charge in [0.25, 0.3) is 11.8 Å². The van der Waals surface area contributed by atoms with Gasteiger partial charge >= 0.3 is 0 Å². The van der Waals surface area contributed by atoms with E-state index in [4.69, 9.17) is 5.21 Å². The van der Waals surface area contributed by atoms with Crippen LogP contribution in [0.2, 0.25) is 0 Å². The number of nitrogens with zero attached hydrogens (tertiary/aromatic N) is 2. The second-order valence-electron chi connectivity index (χ2n) is 3.38. The zero-order valence-electron chi connectivity index (χ0n) is 9.67. The maximum Gasteiger partial charge on any atom is 0.265 e. The predicted octanol–water partition coefficient (Wildman–Crippen LogP) is -0.222. The molecule has 3 N–H and O–H groups in total. The minimum Gasteiger partial charge on any atom is -0.411 e. The van der Waals surface area contributed by atoms with Crippen LogP contribution in [0.15, 0.2) is 29.7 Å². The Morgan fingerprint density at radius 1 is 1.28 bits per heavy atom. The van der Waals surface area contributed by atoms with Gasteiger partial charge in [-0.15, -0.1) is 0 Å². The van der Waals surface area contributed by atoms with Crippen LogP contribution in [0, 0.1) is 0 Å². The summed E-state index contributed by atoms with van der Waals surface area (Å²) in [5.41, 5.74) is 0.543. The number of pyridine rings is 1. The highest BCUT2D eigenvalue weighted by Crippen LogP contribution is 1.95. The van der Waals surface area contributed by atoms with Crippen LogP contribution in [0.5, 0.6) is 0 Å². The monoisotopic (exact) mass is 250 g/mol. The van der Waals surface area contributed by atoms with E-state index in [1.54, 1.807) is 24.5 Å². The maximum atomic E-state index is 11.6. The number of oxime groups is 1. The number of hydrogen-bond donors (Lipinski definition) is 3. The molecule has 0 unspecified atom stereocenters. The van der Waals surface area contributed by atoms with Gasteiger partial charge in [-0.05, 0) is 18.6 Å². The first kappa shape index (κ1) is 13.6. The van der Waals surface area contributed by atoms with Crippen molar-refractivity contribution in [3.63, 3.8) is 0 Å². The van der Waals surface area contributed by atoms with Crippen molar-refractivity contribution in [3.05, 3.63) is 30.1 Å². The molecule has 0 atom stereocenters. The van der Waals surface area contributed by atoms with Gasteiger partial charge in [0.15, 0.2) is 0 Å². The van der Waals surface area contributed by atoms with E-state index in [0.29, 0.717) is 25.1 Å². The van der Waals surface area contributed by atoms with Gasteiger partial charge in [0, 0.05) is 31.0 Å². The predicted molar refractivity (Wildman–Crippen MR) is 64.5 cm³/mol. The van der Waals surface area contributed by atoms with E-state index >= 15 is 0 Å². The van der Waals surface area contributed by atoms with Crippen molar-refractivity contribution in [1.82, 2.24) is 15.6 Å². The van der Waals surface area contributed by atoms with Gasteiger partial charge < -0.3 is 15.8 Å². The first-order chi connectivity index (χ1) is 8.74. The van der Waals surface area contributed by atoms with Crippen molar-refractivity contribution >= 4 is 18.0 Å². The third-order valence-electron chi connectivity index (χ3n) is 2.06. The van der Waals surface area contributed by atoms with E-state index in [0.717, 1.165) is 6.21 Å². The average Bonchev–Trinajstić information content (AvgIpc) is 2.39. The van der Waals surface area contributed by atoms with Crippen LogP contribution in [0.25, 0.3) is 0 Å². The number of amides is 2. The molecule has 1 aromatic rings. The van der Waals surface area contributed by atoms with Crippen molar-refractivity contribution in [2.75, 3.05) is 13.1 Å². The molecule has 1 aromatic heterocycles. The highest BCUT2D eigenvalue weighted by molar-refractivity contribution is 6.25. The van der Waals surface area contributed by atoms with Gasteiger partial charge in [-0.1, -0.05) is 5.16 Å². The molecule has 18 heavy (non-hydrogen) atoms. The van der Waals surface area contributed by atoms with Crippen LogP contribution >= 0.6 is 0 Å². The first-order valence-electron chi connectivity index (χ1n) is 5.37. The molecular weight excluding hydrogens is 236 g/mol. The Balaban J connectivity index is 2.15. The Kier molecular flexibility index (Phi) is 5.88. The fraction of sp³-hybridized carbons (Fsp3) is 0.273. The van der Waals surface area contributed by atoms with E-state index in [1.165, 1.54) is 0 Å². The topological polar surface area (TPSA) is 104 Å². The summed E-state index contributed by atoms with van der Waals surface area (Å²) in [6.07, 6.45) is 4.45. The Morgan fingerprint density at radius 3 is 2.61 bits per heavy atom. The molecular formula is C11H14N4O3. The smallest absolute Gasteiger partial charge is 0.265 e. The van der Waals surface area contributed by atoms with Crippen molar-refractivity contribution in [1.29, 1.82) is 0 Å². The number of nitrogens with one attached hydrogen (secondary N) is 2. The van der Waals surface area contributed by atoms with Crippen LogP contribution in [0.4, 0.5) is 0 Å². The third-order valence-corrected chi connectivity index (χ3v) is 2.06. The quantitative estimate of drug-likeness (QED) is 0.281. The summed E-state index contributed by atoms with van der Waals surface area (Å²) in [5, 5.41) is 15.9. The lowest BCUT2D eigenvalue weighted by Gasteiger charge is -2.05. The largest absolute Gasteiger partial charge is 0.411 e. The summed E-state index contributed by atoms with van der Waals surface area (Å²) in [6, 6.07) is 3.24. The Hall–Kier alpha value is -2.44. The number of carbonyl (C=O) groups is 2. The second-order valence-corrected chi connectivity index (χ2v) is 3.38. The summed E-state index contributed by atoms with van der Waals surface area (Å²) in [6.45, 7) is 0.833. The molecule has 0 spiro atoms. The number of aromatic nitrogens is 1. The molecule has 1 rings (SSSR count). The zero-order valence-corrected chi connectivity index (χ0v) is 9.67. The fourth-order valence-electron chi connectivity index (χ4n) is 1.21. The van der Waals surface area contributed by atoms with E-state index in [9.17, 15) is 9.59 Å². The summed E-state index contributed by atoms with van der Waals surface area (Å²) in [7, 11) is 0. The fourth-order valence-corrected chi connectivity index (χ4v) is 1.21. The lowest BCUT2D eigenvalue weighted by Crippen LogP contribution is -2.30. The minimum atomic E-state index is -0.474. The van der Waals surface area contributed by atoms with Crippen LogP contribution in [0.1, 0.15) is 16.8 Å². The molecule has 0 fully saturated rings. The van der Waals surface area contributed by atoms with E-state index in [2.05, 4.69) is 20.8 Å². The van der Waals surface area contributed by atoms with Crippen molar-refractivity contribution in [2.45, 2.75) is 6.42 Å². The Labute approximate surface area is 104 Å². The lowest BCUT2D eigenvalue weighted by atomic mass is 10.2. The summed E-state index contributed by atoms with van der Waals surface area (Å²) in [4.78, 5) is 26.2. The zero-order chi connectivity index (χ0) is 13.2. The van der Waals surface area contributed by atoms with Crippen LogP contribution in [-0.4, -0.2) is 41.3 Å². The molecule has 0 aliphatic rings. The molecule has 0 bridgehead atoms. The van der Waals surface area contributed by atoms with Gasteiger partial charge in [0.05, 0.1) is 0 Å². The van der Waals surface area contributed by atoms with Gasteiger partial charge in [-0.25, -0.2) is 0 Å². The molecule has 0 saturated carbocycles. The van der Waals surface area contributed by atoms with Gasteiger partial charge in [0.1, 0.15) is 6.21 Å². The SMILES string of the molecule is O=C(/C=N\O)NCCCNC(=O)c1ccncc1. The summed E-state index contributed by atoms with van der Waals surface area (Å²) in [5.74, 6) is -0.654. The van der Waals surface area contributed by atoms with E-state index in [1.807, 2.05) is 0 Å². The van der Waals surface area contributed by atoms with E-state index in [-0.39, 0.29) is 5.91 Å². The molecule has 96 valence electrons. The van der Waals surface area contributed by atoms with Gasteiger partial charge in [-0.2, -0.15) is 0 Å². The molecule has 0 aliphatic heterocycles. The number of rotatable bonds is 6. The highest BCUT2D eigenvalue weighted by Gasteiger charge is 2.03. The third kappa shape index (κ3) is 5.06. The van der Waals surface area contributed by atoms with Crippen LogP contribution in [0.3, 0.4) is 0 Å². The first-order valence-corrected chi connectivity index (χ1v) is 5.37. The minimum absolute atomic E-state index is 0.180. The van der Waals surface area contributed by atoms with Crippen molar-refractivity contribution < 1.29 is 14.8 Å². The normalized spacial score (nSPS) is 10.2. The Bertz CT molecular complexity index is 420. The number of carbonyl (C=O) groups excluding carboxylic acids is 2. The highest BCUT2D eigenvalue weighted by atomic mass is 16.4. The maximum absolute atomic E-state index is 11.6. The Morgan fingerprint density at radius 2 is 1.94 bits per heavy atom. The molecule has 2 amide bonds. The van der Waals surface area contributed by atoms with Crippen LogP contribution in [-0.2, 0) is 4.79 Å². The summed E-state index contributed by atoms with van der Waals surface area (Å²) < 4.78 is 0. The lowest BCUT2D eigenvalue weighted by molar-refractivity contribution is -0.114. The molecule has 0 saturated heterocycles. The van der Waals surface area contributed by atoms with Gasteiger partial charge in [0.2, 0.25) is 0 Å². The molecule has 0 radical (unpaired) electrons. The molecule has 0 aromatic carbocycles. The van der Waals surface area contributed by atoms with Gasteiger partial charge in [-0.3, -0.25) is 14.6 Å². The van der Waals surface area contributed by atoms with Crippen LogP contribution < -0.4 is 10.6 Å². The van der Waals surface area contributed by atoms with Crippen molar-refractivity contribution in [3.8, 4) is 0 Å². The molecule has 0 aliphatic carbocycles.